The van der Waals surface area contributed by atoms with Gasteiger partial charge < -0.3 is 63.2 Å². The molecule has 4 saturated heterocycles. The molecule has 8 unspecified atom stereocenters. The van der Waals surface area contributed by atoms with E-state index in [4.69, 9.17) is 68.3 Å². The van der Waals surface area contributed by atoms with Gasteiger partial charge in [0.25, 0.3) is 0 Å². The fourth-order valence-electron chi connectivity index (χ4n) is 6.84. The fraction of sp³-hybridized carbons (Fsp3) is 0.703. The molecule has 61 heavy (non-hydrogen) atoms. The van der Waals surface area contributed by atoms with Crippen LogP contribution < -0.4 is 25.2 Å². The summed E-state index contributed by atoms with van der Waals surface area (Å²) < 4.78 is 40.8. The molecule has 7 rings (SSSR count). The molecule has 0 bridgehead atoms. The minimum Gasteiger partial charge on any atom is -0.485 e. The SMILES string of the molecule is CC1COCC(CO)N1.COC(=O)C1COCC(C)N1.COC(=O)c1nc(Cl)nc(N2C(C)COCC2CO)c1Cl.COC(=O)c1nc(Cl)nc2c1OCC1COCC(C)N21. The minimum absolute atomic E-state index is 0.00732. The van der Waals surface area contributed by atoms with E-state index in [2.05, 4.69) is 44.9 Å². The topological polar surface area (TPSA) is 248 Å². The number of fused-ring (bicyclic) bond motifs is 3. The molecule has 0 spiro atoms. The first kappa shape index (κ1) is 50.2. The van der Waals surface area contributed by atoms with Gasteiger partial charge in [-0.1, -0.05) is 11.6 Å². The maximum absolute atomic E-state index is 11.8. The third-order valence-electron chi connectivity index (χ3n) is 9.63. The lowest BCUT2D eigenvalue weighted by molar-refractivity contribution is -0.146. The molecule has 4 fully saturated rings. The van der Waals surface area contributed by atoms with Crippen LogP contribution in [0.5, 0.6) is 5.75 Å². The molecule has 0 radical (unpaired) electrons. The van der Waals surface area contributed by atoms with Crippen LogP contribution in [0, 0.1) is 0 Å². The maximum atomic E-state index is 11.8. The second-order valence-electron chi connectivity index (χ2n) is 14.5. The van der Waals surface area contributed by atoms with Crippen LogP contribution in [0.3, 0.4) is 0 Å². The summed E-state index contributed by atoms with van der Waals surface area (Å²) in [7, 11) is 3.89. The Morgan fingerprint density at radius 2 is 1.21 bits per heavy atom. The van der Waals surface area contributed by atoms with Crippen molar-refractivity contribution in [3.63, 3.8) is 0 Å². The number of aromatic nitrogens is 4. The number of aliphatic hydroxyl groups excluding tert-OH is 2. The molecule has 5 aliphatic rings. The maximum Gasteiger partial charge on any atom is 0.360 e. The zero-order chi connectivity index (χ0) is 44.8. The first-order chi connectivity index (χ1) is 29.2. The van der Waals surface area contributed by atoms with Gasteiger partial charge in [0.05, 0.1) is 118 Å². The number of anilines is 2. The quantitative estimate of drug-likeness (QED) is 0.179. The Hall–Kier alpha value is -3.48. The summed E-state index contributed by atoms with van der Waals surface area (Å²) in [6.45, 7) is 12.8. The molecule has 21 nitrogen and oxygen atoms in total. The van der Waals surface area contributed by atoms with Crippen LogP contribution >= 0.6 is 34.8 Å². The Kier molecular flexibility index (Phi) is 20.1. The number of ether oxygens (including phenoxy) is 8. The Balaban J connectivity index is 0.000000189. The summed E-state index contributed by atoms with van der Waals surface area (Å²) in [4.78, 5) is 54.3. The molecule has 0 aromatic carbocycles. The molecule has 0 amide bonds. The second-order valence-corrected chi connectivity index (χ2v) is 15.6. The highest BCUT2D eigenvalue weighted by molar-refractivity contribution is 6.36. The number of carbonyl (C=O) groups excluding carboxylic acids is 3. The average Bonchev–Trinajstić information content (AvgIpc) is 3.26. The average molecular weight is 926 g/mol. The Bertz CT molecular complexity index is 1770. The number of aliphatic hydroxyl groups is 2. The Labute approximate surface area is 368 Å². The number of rotatable bonds is 6. The van der Waals surface area contributed by atoms with Gasteiger partial charge in [0.15, 0.2) is 28.8 Å². The molecule has 2 aromatic heterocycles. The summed E-state index contributed by atoms with van der Waals surface area (Å²) in [5.74, 6) is -0.413. The lowest BCUT2D eigenvalue weighted by atomic mass is 10.1. The van der Waals surface area contributed by atoms with Crippen molar-refractivity contribution >= 4 is 64.3 Å². The largest absolute Gasteiger partial charge is 0.485 e. The number of morpholine rings is 4. The van der Waals surface area contributed by atoms with Gasteiger partial charge in [0.1, 0.15) is 17.7 Å². The first-order valence-corrected chi connectivity index (χ1v) is 20.6. The molecule has 5 aliphatic heterocycles. The van der Waals surface area contributed by atoms with E-state index in [1.807, 2.05) is 27.7 Å². The highest BCUT2D eigenvalue weighted by Gasteiger charge is 2.39. The van der Waals surface area contributed by atoms with Crippen LogP contribution in [0.1, 0.15) is 48.7 Å². The van der Waals surface area contributed by atoms with Crippen LogP contribution in [0.4, 0.5) is 11.6 Å². The number of methoxy groups -OCH3 is 3. The standard InChI is InChI=1S/C12H15Cl2N3O4.C12H14ClN3O4.C7H13NO3.C6H13NO2/c1-6-4-21-5-7(3-18)17(6)10-8(13)9(11(19)20-2)15-12(14)16-10;1-6-3-19-4-7-5-20-9-8(11(17)18-2)14-12(13)15-10(9)16(6)7;1-5-3-11-4-6(8-5)7(9)10-2;1-5-3-9-4-6(2-8)7-5/h6-7,18H,3-5H2,1-2H3;6-7H,3-5H2,1-2H3;5-6,8H,3-4H2,1-2H3;5-8H,2-4H2,1H3. The van der Waals surface area contributed by atoms with Gasteiger partial charge in [0.2, 0.25) is 10.6 Å². The zero-order valence-corrected chi connectivity index (χ0v) is 37.4. The number of carbonyl (C=O) groups is 3. The molecule has 0 aliphatic carbocycles. The van der Waals surface area contributed by atoms with Crippen molar-refractivity contribution < 1.29 is 62.5 Å². The molecule has 7 heterocycles. The van der Waals surface area contributed by atoms with Crippen molar-refractivity contribution in [1.29, 1.82) is 0 Å². The number of esters is 3. The lowest BCUT2D eigenvalue weighted by Gasteiger charge is -2.44. The molecule has 0 saturated carbocycles. The molecule has 4 N–H and O–H groups in total. The Morgan fingerprint density at radius 1 is 0.656 bits per heavy atom. The third kappa shape index (κ3) is 13.5. The number of halogens is 3. The first-order valence-electron chi connectivity index (χ1n) is 19.5. The van der Waals surface area contributed by atoms with E-state index in [1.54, 1.807) is 4.90 Å². The van der Waals surface area contributed by atoms with Gasteiger partial charge in [-0.05, 0) is 50.9 Å². The van der Waals surface area contributed by atoms with Crippen molar-refractivity contribution in [2.45, 2.75) is 76.0 Å². The van der Waals surface area contributed by atoms with Crippen LogP contribution in [-0.4, -0.2) is 190 Å². The summed E-state index contributed by atoms with van der Waals surface area (Å²) in [6, 6.07) is 0.226. The zero-order valence-electron chi connectivity index (χ0n) is 35.1. The number of nitrogens with zero attached hydrogens (tertiary/aromatic N) is 6. The molecular formula is C37H55Cl3N8O13. The van der Waals surface area contributed by atoms with Gasteiger partial charge >= 0.3 is 17.9 Å². The van der Waals surface area contributed by atoms with E-state index in [9.17, 15) is 19.5 Å². The third-order valence-corrected chi connectivity index (χ3v) is 10.3. The predicted molar refractivity (Wildman–Crippen MR) is 221 cm³/mol. The number of hydrogen-bond acceptors (Lipinski definition) is 21. The molecule has 2 aromatic rings. The second kappa shape index (κ2) is 24.4. The van der Waals surface area contributed by atoms with Crippen molar-refractivity contribution in [2.24, 2.45) is 0 Å². The highest BCUT2D eigenvalue weighted by Crippen LogP contribution is 2.38. The predicted octanol–water partition coefficient (Wildman–Crippen LogP) is 0.951. The van der Waals surface area contributed by atoms with Crippen LogP contribution in [0.15, 0.2) is 0 Å². The Morgan fingerprint density at radius 3 is 1.79 bits per heavy atom. The van der Waals surface area contributed by atoms with E-state index >= 15 is 0 Å². The molecular weight excluding hydrogens is 871 g/mol. The van der Waals surface area contributed by atoms with Crippen molar-refractivity contribution in [2.75, 3.05) is 104 Å². The van der Waals surface area contributed by atoms with Crippen molar-refractivity contribution in [1.82, 2.24) is 30.6 Å². The van der Waals surface area contributed by atoms with E-state index in [0.717, 1.165) is 6.61 Å². The summed E-state index contributed by atoms with van der Waals surface area (Å²) in [6.07, 6.45) is 0. The van der Waals surface area contributed by atoms with E-state index in [0.29, 0.717) is 70.5 Å². The smallest absolute Gasteiger partial charge is 0.360 e. The minimum atomic E-state index is -0.702. The molecule has 342 valence electrons. The van der Waals surface area contributed by atoms with E-state index < -0.39 is 11.9 Å². The summed E-state index contributed by atoms with van der Waals surface area (Å²) >= 11 is 18.0. The number of nitrogens with one attached hydrogen (secondary N) is 2. The molecule has 24 heteroatoms. The summed E-state index contributed by atoms with van der Waals surface area (Å²) in [5.41, 5.74) is -0.0517. The van der Waals surface area contributed by atoms with Crippen molar-refractivity contribution in [3.05, 3.63) is 27.0 Å². The van der Waals surface area contributed by atoms with Gasteiger partial charge in [0, 0.05) is 12.1 Å². The van der Waals surface area contributed by atoms with Gasteiger partial charge in [-0.2, -0.15) is 9.97 Å². The van der Waals surface area contributed by atoms with Gasteiger partial charge in [-0.15, -0.1) is 0 Å². The fourth-order valence-corrected chi connectivity index (χ4v) is 7.43. The van der Waals surface area contributed by atoms with E-state index in [-0.39, 0.29) is 94.3 Å². The van der Waals surface area contributed by atoms with Crippen molar-refractivity contribution in [3.8, 4) is 5.75 Å². The van der Waals surface area contributed by atoms with Gasteiger partial charge in [-0.3, -0.25) is 10.1 Å². The van der Waals surface area contributed by atoms with Crippen LogP contribution in [0.25, 0.3) is 0 Å². The van der Waals surface area contributed by atoms with Crippen LogP contribution in [0.2, 0.25) is 15.6 Å². The highest BCUT2D eigenvalue weighted by atomic mass is 35.5. The van der Waals surface area contributed by atoms with Gasteiger partial charge in [-0.25, -0.2) is 19.6 Å². The monoisotopic (exact) mass is 924 g/mol. The normalized spacial score (nSPS) is 26.8. The van der Waals surface area contributed by atoms with Crippen LogP contribution in [-0.2, 0) is 38.0 Å². The molecule has 8 atom stereocenters. The lowest BCUT2D eigenvalue weighted by Crippen LogP contribution is -2.56. The summed E-state index contributed by atoms with van der Waals surface area (Å²) in [5, 5.41) is 24.3. The number of hydrogen-bond donors (Lipinski definition) is 4. The van der Waals surface area contributed by atoms with E-state index in [1.165, 1.54) is 21.3 Å².